The molecule has 8 nitrogen and oxygen atoms in total. The van der Waals surface area contributed by atoms with E-state index in [4.69, 9.17) is 5.41 Å². The summed E-state index contributed by atoms with van der Waals surface area (Å²) in [7, 11) is 3.60. The smallest absolute Gasteiger partial charge is 0.317 e. The SMILES string of the molecule is CN=C(CC=N)c1nnc(N2CCC(N(C)C(=O)NC(C)(C)C)CC2)c(C)c1C. The third-order valence-electron chi connectivity index (χ3n) is 5.45. The number of urea groups is 1. The number of hydrogen-bond donors (Lipinski definition) is 2. The van der Waals surface area contributed by atoms with Crippen LogP contribution in [0, 0.1) is 19.3 Å². The molecule has 0 bridgehead atoms. The highest BCUT2D eigenvalue weighted by Crippen LogP contribution is 2.26. The van der Waals surface area contributed by atoms with Crippen molar-refractivity contribution in [3.05, 3.63) is 16.8 Å². The average molecular weight is 402 g/mol. The normalized spacial score (nSPS) is 16.0. The minimum Gasteiger partial charge on any atom is -0.355 e. The first kappa shape index (κ1) is 22.8. The molecule has 0 atom stereocenters. The standard InChI is InChI=1S/C21H35N7O/c1-14-15(2)19(26-25-18(14)17(23-6)8-11-22)28-12-9-16(10-13-28)27(7)20(29)24-21(3,4)5/h11,16,22H,8-10,12-13H2,1-7H3,(H,24,29). The van der Waals surface area contributed by atoms with Crippen molar-refractivity contribution in [2.45, 2.75) is 65.5 Å². The molecule has 1 aromatic heterocycles. The molecule has 2 rings (SSSR count). The van der Waals surface area contributed by atoms with Crippen LogP contribution in [0.2, 0.25) is 0 Å². The van der Waals surface area contributed by atoms with Crippen LogP contribution in [0.5, 0.6) is 0 Å². The molecule has 0 unspecified atom stereocenters. The number of nitrogens with one attached hydrogen (secondary N) is 2. The summed E-state index contributed by atoms with van der Waals surface area (Å²) in [5.74, 6) is 0.900. The maximum Gasteiger partial charge on any atom is 0.317 e. The first-order chi connectivity index (χ1) is 13.6. The molecule has 1 aliphatic rings. The Kier molecular flexibility index (Phi) is 7.32. The minimum atomic E-state index is -0.240. The molecule has 1 fully saturated rings. The summed E-state index contributed by atoms with van der Waals surface area (Å²) in [6, 6.07) is 0.193. The Balaban J connectivity index is 2.08. The van der Waals surface area contributed by atoms with E-state index in [0.717, 1.165) is 54.3 Å². The highest BCUT2D eigenvalue weighted by Gasteiger charge is 2.28. The number of rotatable bonds is 5. The van der Waals surface area contributed by atoms with Gasteiger partial charge in [0.05, 0.1) is 5.71 Å². The summed E-state index contributed by atoms with van der Waals surface area (Å²) in [4.78, 5) is 20.8. The topological polar surface area (TPSA) is 97.6 Å². The molecular weight excluding hydrogens is 366 g/mol. The fraction of sp³-hybridized carbons (Fsp3) is 0.667. The molecule has 29 heavy (non-hydrogen) atoms. The fourth-order valence-corrected chi connectivity index (χ4v) is 3.60. The fourth-order valence-electron chi connectivity index (χ4n) is 3.60. The zero-order valence-corrected chi connectivity index (χ0v) is 18.8. The van der Waals surface area contributed by atoms with Crippen molar-refractivity contribution in [1.82, 2.24) is 20.4 Å². The molecule has 0 aliphatic carbocycles. The quantitative estimate of drug-likeness (QED) is 0.741. The number of aromatic nitrogens is 2. The maximum atomic E-state index is 12.4. The van der Waals surface area contributed by atoms with Crippen LogP contribution in [-0.4, -0.2) is 71.8 Å². The van der Waals surface area contributed by atoms with E-state index < -0.39 is 0 Å². The Bertz CT molecular complexity index is 774. The molecule has 0 saturated carbocycles. The van der Waals surface area contributed by atoms with Gasteiger partial charge in [0.2, 0.25) is 0 Å². The van der Waals surface area contributed by atoms with Crippen LogP contribution < -0.4 is 10.2 Å². The zero-order valence-electron chi connectivity index (χ0n) is 18.8. The van der Waals surface area contributed by atoms with E-state index >= 15 is 0 Å². The predicted octanol–water partition coefficient (Wildman–Crippen LogP) is 2.96. The summed E-state index contributed by atoms with van der Waals surface area (Å²) >= 11 is 0. The molecule has 1 aromatic rings. The van der Waals surface area contributed by atoms with Gasteiger partial charge in [-0.15, -0.1) is 10.2 Å². The van der Waals surface area contributed by atoms with Gasteiger partial charge in [-0.05, 0) is 58.6 Å². The second-order valence-corrected chi connectivity index (χ2v) is 8.71. The van der Waals surface area contributed by atoms with Crippen molar-refractivity contribution in [2.75, 3.05) is 32.1 Å². The van der Waals surface area contributed by atoms with Gasteiger partial charge >= 0.3 is 6.03 Å². The number of anilines is 1. The van der Waals surface area contributed by atoms with Gasteiger partial charge in [-0.3, -0.25) is 4.99 Å². The third-order valence-corrected chi connectivity index (χ3v) is 5.45. The molecule has 1 saturated heterocycles. The van der Waals surface area contributed by atoms with Crippen LogP contribution >= 0.6 is 0 Å². The van der Waals surface area contributed by atoms with Crippen molar-refractivity contribution in [3.8, 4) is 0 Å². The maximum absolute atomic E-state index is 12.4. The van der Waals surface area contributed by atoms with Crippen LogP contribution in [0.3, 0.4) is 0 Å². The Morgan fingerprint density at radius 3 is 2.41 bits per heavy atom. The summed E-state index contributed by atoms with van der Waals surface area (Å²) in [5.41, 5.74) is 3.46. The highest BCUT2D eigenvalue weighted by molar-refractivity contribution is 6.06. The van der Waals surface area contributed by atoms with E-state index in [0.29, 0.717) is 6.42 Å². The van der Waals surface area contributed by atoms with E-state index in [2.05, 4.69) is 32.3 Å². The van der Waals surface area contributed by atoms with Crippen molar-refractivity contribution in [1.29, 1.82) is 5.41 Å². The van der Waals surface area contributed by atoms with E-state index in [1.807, 2.05) is 39.6 Å². The van der Waals surface area contributed by atoms with Crippen LogP contribution in [0.25, 0.3) is 0 Å². The first-order valence-electron chi connectivity index (χ1n) is 10.2. The minimum absolute atomic E-state index is 0.0234. The zero-order chi connectivity index (χ0) is 21.8. The van der Waals surface area contributed by atoms with Crippen molar-refractivity contribution in [2.24, 2.45) is 4.99 Å². The lowest BCUT2D eigenvalue weighted by Crippen LogP contribution is -2.53. The lowest BCUT2D eigenvalue weighted by Gasteiger charge is -2.38. The van der Waals surface area contributed by atoms with E-state index in [1.54, 1.807) is 7.05 Å². The second-order valence-electron chi connectivity index (χ2n) is 8.71. The Hall–Kier alpha value is -2.51. The van der Waals surface area contributed by atoms with E-state index in [9.17, 15) is 4.79 Å². The third kappa shape index (κ3) is 5.52. The van der Waals surface area contributed by atoms with Crippen LogP contribution in [0.15, 0.2) is 4.99 Å². The van der Waals surface area contributed by atoms with E-state index in [1.165, 1.54) is 6.21 Å². The predicted molar refractivity (Wildman–Crippen MR) is 119 cm³/mol. The Morgan fingerprint density at radius 1 is 1.28 bits per heavy atom. The molecule has 0 aromatic carbocycles. The molecular formula is C21H35N7O. The summed E-state index contributed by atoms with van der Waals surface area (Å²) < 4.78 is 0. The van der Waals surface area contributed by atoms with Gasteiger partial charge in [-0.25, -0.2) is 4.79 Å². The Labute approximate surface area is 174 Å². The molecule has 0 radical (unpaired) electrons. The number of aliphatic imine (C=N–C) groups is 1. The number of carbonyl (C=O) groups excluding carboxylic acids is 1. The van der Waals surface area contributed by atoms with Crippen LogP contribution in [0.1, 0.15) is 56.9 Å². The molecule has 8 heteroatoms. The first-order valence-corrected chi connectivity index (χ1v) is 10.2. The van der Waals surface area contributed by atoms with Gasteiger partial charge in [0, 0.05) is 51.4 Å². The van der Waals surface area contributed by atoms with Gasteiger partial charge in [-0.2, -0.15) is 0 Å². The number of nitrogens with zero attached hydrogens (tertiary/aromatic N) is 5. The van der Waals surface area contributed by atoms with Crippen LogP contribution in [0.4, 0.5) is 10.6 Å². The monoisotopic (exact) mass is 401 g/mol. The molecule has 1 aliphatic heterocycles. The molecule has 0 spiro atoms. The van der Waals surface area contributed by atoms with Gasteiger partial charge in [-0.1, -0.05) is 0 Å². The molecule has 2 N–H and O–H groups in total. The largest absolute Gasteiger partial charge is 0.355 e. The van der Waals surface area contributed by atoms with Crippen molar-refractivity contribution < 1.29 is 4.79 Å². The number of amides is 2. The average Bonchev–Trinajstić information content (AvgIpc) is 2.67. The number of hydrogen-bond acceptors (Lipinski definition) is 6. The molecule has 160 valence electrons. The molecule has 2 heterocycles. The number of carbonyl (C=O) groups is 1. The van der Waals surface area contributed by atoms with E-state index in [-0.39, 0.29) is 17.6 Å². The van der Waals surface area contributed by atoms with Gasteiger partial charge in [0.15, 0.2) is 5.82 Å². The van der Waals surface area contributed by atoms with Gasteiger partial charge < -0.3 is 20.5 Å². The van der Waals surface area contributed by atoms with Crippen molar-refractivity contribution >= 4 is 23.8 Å². The van der Waals surface area contributed by atoms with Crippen LogP contribution in [-0.2, 0) is 0 Å². The lowest BCUT2D eigenvalue weighted by atomic mass is 10.0. The second kappa shape index (κ2) is 9.33. The summed E-state index contributed by atoms with van der Waals surface area (Å²) in [6.45, 7) is 11.7. The Morgan fingerprint density at radius 2 is 1.90 bits per heavy atom. The van der Waals surface area contributed by atoms with Gasteiger partial charge in [0.25, 0.3) is 0 Å². The summed E-state index contributed by atoms with van der Waals surface area (Å²) in [5, 5.41) is 19.3. The molecule has 2 amide bonds. The lowest BCUT2D eigenvalue weighted by molar-refractivity contribution is 0.171. The van der Waals surface area contributed by atoms with Crippen molar-refractivity contribution in [3.63, 3.8) is 0 Å². The highest BCUT2D eigenvalue weighted by atomic mass is 16.2. The van der Waals surface area contributed by atoms with Gasteiger partial charge in [0.1, 0.15) is 5.69 Å². The summed E-state index contributed by atoms with van der Waals surface area (Å²) in [6.07, 6.45) is 3.58. The number of piperidine rings is 1.